The average Bonchev–Trinajstić information content (AvgIpc) is 3.41. The lowest BCUT2D eigenvalue weighted by molar-refractivity contribution is -0.228. The summed E-state index contributed by atoms with van der Waals surface area (Å²) in [6.07, 6.45) is 11.2. The van der Waals surface area contributed by atoms with Crippen molar-refractivity contribution < 1.29 is 29.7 Å². The Morgan fingerprint density at radius 2 is 1.55 bits per heavy atom. The summed E-state index contributed by atoms with van der Waals surface area (Å²) in [6.45, 7) is 17.8. The maximum atomic E-state index is 13.2. The highest BCUT2D eigenvalue weighted by Crippen LogP contribution is 2.77. The first-order valence-electron chi connectivity index (χ1n) is 17.9. The Bertz CT molecular complexity index is 1490. The Morgan fingerprint density at radius 3 is 2.19 bits per heavy atom. The van der Waals surface area contributed by atoms with Crippen molar-refractivity contribution >= 4 is 23.5 Å². The zero-order valence-electron chi connectivity index (χ0n) is 29.0. The van der Waals surface area contributed by atoms with E-state index in [2.05, 4.69) is 52.6 Å². The van der Waals surface area contributed by atoms with E-state index in [-0.39, 0.29) is 39.9 Å². The van der Waals surface area contributed by atoms with Gasteiger partial charge in [-0.25, -0.2) is 4.79 Å². The Morgan fingerprint density at radius 1 is 0.851 bits per heavy atom. The minimum Gasteiger partial charge on any atom is -0.481 e. The fourth-order valence-corrected chi connectivity index (χ4v) is 12.9. The van der Waals surface area contributed by atoms with Gasteiger partial charge in [0.1, 0.15) is 0 Å². The molecule has 0 unspecified atom stereocenters. The quantitative estimate of drug-likeness (QED) is 0.158. The summed E-state index contributed by atoms with van der Waals surface area (Å²) < 4.78 is 0. The molecule has 7 nitrogen and oxygen atoms in total. The van der Waals surface area contributed by atoms with Gasteiger partial charge in [-0.3, -0.25) is 9.59 Å². The van der Waals surface area contributed by atoms with Crippen LogP contribution in [0, 0.1) is 56.7 Å². The van der Waals surface area contributed by atoms with E-state index in [0.717, 1.165) is 62.5 Å². The molecular formula is C40H55NO6. The number of hydrogen-bond donors (Lipinski definition) is 4. The average molecular weight is 646 g/mol. The van der Waals surface area contributed by atoms with Gasteiger partial charge in [-0.2, -0.15) is 0 Å². The SMILES string of the molecule is C=C(CNCCC(=O)O)[C@@H]1CC[C@]2(C(=O)O)CC[C@]3(C)[C@H](CC[C@@H]4[C@@]5(C)CC=C(c6ccc(C(=O)O)cc6)C(C)(C)[C@@H]5CC[C@]43C)[C@@H]12. The molecule has 6 rings (SSSR count). The third kappa shape index (κ3) is 4.96. The van der Waals surface area contributed by atoms with Crippen LogP contribution in [0.5, 0.6) is 0 Å². The van der Waals surface area contributed by atoms with Crippen molar-refractivity contribution in [2.24, 2.45) is 56.7 Å². The second-order valence-electron chi connectivity index (χ2n) is 17.2. The molecule has 256 valence electrons. The summed E-state index contributed by atoms with van der Waals surface area (Å²) in [5.41, 5.74) is 3.25. The normalized spacial score (nSPS) is 40.2. The van der Waals surface area contributed by atoms with Gasteiger partial charge < -0.3 is 20.6 Å². The fourth-order valence-electron chi connectivity index (χ4n) is 12.9. The van der Waals surface area contributed by atoms with Crippen LogP contribution in [0.25, 0.3) is 5.57 Å². The minimum absolute atomic E-state index is 0.0217. The van der Waals surface area contributed by atoms with Crippen molar-refractivity contribution in [1.29, 1.82) is 0 Å². The summed E-state index contributed by atoms with van der Waals surface area (Å²) >= 11 is 0. The van der Waals surface area contributed by atoms with Crippen LogP contribution in [0.4, 0.5) is 0 Å². The molecule has 47 heavy (non-hydrogen) atoms. The summed E-state index contributed by atoms with van der Waals surface area (Å²) in [5.74, 6) is -0.847. The fraction of sp³-hybridized carbons (Fsp3) is 0.675. The van der Waals surface area contributed by atoms with Crippen molar-refractivity contribution in [2.75, 3.05) is 13.1 Å². The number of aromatic carboxylic acids is 1. The second-order valence-corrected chi connectivity index (χ2v) is 17.2. The number of allylic oxidation sites excluding steroid dienone is 2. The molecule has 4 fully saturated rings. The highest BCUT2D eigenvalue weighted by molar-refractivity contribution is 5.88. The minimum atomic E-state index is -0.902. The zero-order valence-corrected chi connectivity index (χ0v) is 29.0. The van der Waals surface area contributed by atoms with Gasteiger partial charge >= 0.3 is 17.9 Å². The van der Waals surface area contributed by atoms with Gasteiger partial charge in [-0.15, -0.1) is 0 Å². The van der Waals surface area contributed by atoms with E-state index in [0.29, 0.717) is 42.8 Å². The number of benzene rings is 1. The van der Waals surface area contributed by atoms with Gasteiger partial charge in [0.05, 0.1) is 17.4 Å². The molecule has 1 aromatic carbocycles. The molecule has 0 amide bonds. The first-order valence-corrected chi connectivity index (χ1v) is 17.9. The van der Waals surface area contributed by atoms with Crippen LogP contribution in [0.2, 0.25) is 0 Å². The van der Waals surface area contributed by atoms with E-state index in [9.17, 15) is 24.6 Å². The molecule has 0 aliphatic heterocycles. The molecule has 0 radical (unpaired) electrons. The zero-order chi connectivity index (χ0) is 34.2. The van der Waals surface area contributed by atoms with Crippen molar-refractivity contribution in [3.05, 3.63) is 53.6 Å². The number of carboxylic acid groups (broad SMARTS) is 3. The Balaban J connectivity index is 1.31. The third-order valence-corrected chi connectivity index (χ3v) is 15.3. The summed E-state index contributed by atoms with van der Waals surface area (Å²) in [7, 11) is 0. The monoisotopic (exact) mass is 645 g/mol. The molecule has 5 aliphatic carbocycles. The molecule has 0 saturated heterocycles. The van der Waals surface area contributed by atoms with E-state index in [1.165, 1.54) is 5.57 Å². The van der Waals surface area contributed by atoms with Gasteiger partial charge in [-0.1, -0.05) is 65.0 Å². The molecule has 7 heteroatoms. The summed E-state index contributed by atoms with van der Waals surface area (Å²) in [4.78, 5) is 35.7. The van der Waals surface area contributed by atoms with Crippen LogP contribution in [-0.4, -0.2) is 46.3 Å². The number of rotatable bonds is 9. The highest BCUT2D eigenvalue weighted by Gasteiger charge is 2.71. The maximum absolute atomic E-state index is 13.2. The highest BCUT2D eigenvalue weighted by atomic mass is 16.4. The predicted octanol–water partition coefficient (Wildman–Crippen LogP) is 8.16. The van der Waals surface area contributed by atoms with Gasteiger partial charge in [0.25, 0.3) is 0 Å². The molecule has 0 bridgehead atoms. The smallest absolute Gasteiger partial charge is 0.335 e. The lowest BCUT2D eigenvalue weighted by Crippen LogP contribution is -2.66. The van der Waals surface area contributed by atoms with Gasteiger partial charge in [-0.05, 0) is 132 Å². The Labute approximate surface area is 280 Å². The number of hydrogen-bond acceptors (Lipinski definition) is 4. The summed E-state index contributed by atoms with van der Waals surface area (Å²) in [5, 5.41) is 32.6. The van der Waals surface area contributed by atoms with Crippen LogP contribution >= 0.6 is 0 Å². The number of aliphatic carboxylic acids is 2. The summed E-state index contributed by atoms with van der Waals surface area (Å²) in [6, 6.07) is 7.39. The Hall–Kier alpha value is -2.93. The van der Waals surface area contributed by atoms with Crippen LogP contribution < -0.4 is 5.32 Å². The molecule has 5 aliphatic rings. The van der Waals surface area contributed by atoms with Crippen LogP contribution in [0.15, 0.2) is 42.5 Å². The molecule has 4 saturated carbocycles. The van der Waals surface area contributed by atoms with Crippen LogP contribution in [0.3, 0.4) is 0 Å². The van der Waals surface area contributed by atoms with E-state index in [1.54, 1.807) is 12.1 Å². The third-order valence-electron chi connectivity index (χ3n) is 15.3. The van der Waals surface area contributed by atoms with Crippen molar-refractivity contribution in [3.8, 4) is 0 Å². The molecule has 0 heterocycles. The molecule has 9 atom stereocenters. The van der Waals surface area contributed by atoms with Crippen molar-refractivity contribution in [1.82, 2.24) is 5.32 Å². The second kappa shape index (κ2) is 11.6. The van der Waals surface area contributed by atoms with E-state index in [1.807, 2.05) is 12.1 Å². The predicted molar refractivity (Wildman–Crippen MR) is 183 cm³/mol. The molecule has 0 aromatic heterocycles. The standard InChI is InChI=1S/C40H55NO6/c1-24(23-41-22-16-32(42)43)27-13-19-40(35(46)47)21-20-38(5)29(33(27)40)11-12-31-37(4)17-14-28(25-7-9-26(10-8-25)34(44)45)36(2,3)30(37)15-18-39(31,38)6/h7-10,14,27,29-31,33,41H,1,11-13,15-23H2,2-6H3,(H,42,43)(H,44,45)(H,46,47)/t27-,29+,30-,31+,33+,37-,38+,39+,40-/m0/s1. The largest absolute Gasteiger partial charge is 0.481 e. The maximum Gasteiger partial charge on any atom is 0.335 e. The molecule has 1 aromatic rings. The number of nitrogens with one attached hydrogen (secondary N) is 1. The van der Waals surface area contributed by atoms with E-state index in [4.69, 9.17) is 5.11 Å². The van der Waals surface area contributed by atoms with E-state index < -0.39 is 23.3 Å². The van der Waals surface area contributed by atoms with Gasteiger partial charge in [0.2, 0.25) is 0 Å². The first kappa shape index (κ1) is 34.0. The molecular weight excluding hydrogens is 590 g/mol. The van der Waals surface area contributed by atoms with Gasteiger partial charge in [0, 0.05) is 13.1 Å². The number of carboxylic acids is 3. The van der Waals surface area contributed by atoms with Crippen molar-refractivity contribution in [3.63, 3.8) is 0 Å². The Kier molecular flexibility index (Phi) is 8.38. The lowest BCUT2D eigenvalue weighted by Gasteiger charge is -2.72. The molecule has 0 spiro atoms. The molecule has 4 N–H and O–H groups in total. The lowest BCUT2D eigenvalue weighted by atomic mass is 9.32. The number of fused-ring (bicyclic) bond motifs is 7. The van der Waals surface area contributed by atoms with Crippen LogP contribution in [0.1, 0.15) is 115 Å². The first-order chi connectivity index (χ1) is 22.0. The number of carbonyl (C=O) groups is 3. The van der Waals surface area contributed by atoms with Crippen LogP contribution in [-0.2, 0) is 9.59 Å². The topological polar surface area (TPSA) is 124 Å². The van der Waals surface area contributed by atoms with Crippen molar-refractivity contribution in [2.45, 2.75) is 98.8 Å². The van der Waals surface area contributed by atoms with E-state index >= 15 is 0 Å². The van der Waals surface area contributed by atoms with Gasteiger partial charge in [0.15, 0.2) is 0 Å².